The van der Waals surface area contributed by atoms with E-state index in [-0.39, 0.29) is 23.8 Å². The Morgan fingerprint density at radius 2 is 1.33 bits per heavy atom. The van der Waals surface area contributed by atoms with Gasteiger partial charge in [0.15, 0.2) is 0 Å². The van der Waals surface area contributed by atoms with Gasteiger partial charge in [-0.2, -0.15) is 0 Å². The number of sulfonamides is 1. The summed E-state index contributed by atoms with van der Waals surface area (Å²) in [6.45, 7) is 1.92. The van der Waals surface area contributed by atoms with Gasteiger partial charge in [0, 0.05) is 20.0 Å². The van der Waals surface area contributed by atoms with Gasteiger partial charge in [0.2, 0.25) is 11.8 Å². The molecule has 8 nitrogen and oxygen atoms in total. The first-order valence-electron chi connectivity index (χ1n) is 13.7. The maximum Gasteiger partial charge on any atom is 0.264 e. The van der Waals surface area contributed by atoms with Gasteiger partial charge >= 0.3 is 0 Å². The van der Waals surface area contributed by atoms with E-state index >= 15 is 0 Å². The van der Waals surface area contributed by atoms with E-state index in [0.717, 1.165) is 15.4 Å². The molecule has 218 valence electrons. The first-order valence-corrected chi connectivity index (χ1v) is 15.2. The molecular weight excluding hydrogens is 550 g/mol. The molecule has 4 aromatic carbocycles. The van der Waals surface area contributed by atoms with Crippen molar-refractivity contribution in [3.05, 3.63) is 126 Å². The molecule has 1 N–H and O–H groups in total. The van der Waals surface area contributed by atoms with Gasteiger partial charge < -0.3 is 15.0 Å². The SMILES string of the molecule is CCOc1ccc(N(CC(=O)N(Cc2ccccc2)[C@@H](Cc2ccccc2)C(=O)NC)S(=O)(=O)c2ccccc2)cc1. The third kappa shape index (κ3) is 7.55. The van der Waals surface area contributed by atoms with Crippen LogP contribution in [0.4, 0.5) is 5.69 Å². The number of ether oxygens (including phenoxy) is 1. The summed E-state index contributed by atoms with van der Waals surface area (Å²) in [6, 6.07) is 32.4. The summed E-state index contributed by atoms with van der Waals surface area (Å²) in [6.07, 6.45) is 0.258. The lowest BCUT2D eigenvalue weighted by Gasteiger charge is -2.33. The van der Waals surface area contributed by atoms with Crippen molar-refractivity contribution in [3.63, 3.8) is 0 Å². The third-order valence-corrected chi connectivity index (χ3v) is 8.55. The van der Waals surface area contributed by atoms with Crippen molar-refractivity contribution in [1.29, 1.82) is 0 Å². The number of amides is 2. The highest BCUT2D eigenvalue weighted by Crippen LogP contribution is 2.27. The van der Waals surface area contributed by atoms with E-state index < -0.39 is 28.5 Å². The molecule has 0 aromatic heterocycles. The Morgan fingerprint density at radius 1 is 0.786 bits per heavy atom. The van der Waals surface area contributed by atoms with Gasteiger partial charge in [-0.15, -0.1) is 0 Å². The van der Waals surface area contributed by atoms with Crippen LogP contribution < -0.4 is 14.4 Å². The summed E-state index contributed by atoms with van der Waals surface area (Å²) in [7, 11) is -2.62. The molecule has 1 atom stereocenters. The zero-order valence-corrected chi connectivity index (χ0v) is 24.5. The number of benzene rings is 4. The van der Waals surface area contributed by atoms with E-state index in [0.29, 0.717) is 18.0 Å². The molecule has 0 fully saturated rings. The van der Waals surface area contributed by atoms with Crippen molar-refractivity contribution in [2.45, 2.75) is 30.8 Å². The summed E-state index contributed by atoms with van der Waals surface area (Å²) >= 11 is 0. The number of rotatable bonds is 13. The molecule has 4 aromatic rings. The monoisotopic (exact) mass is 585 g/mol. The number of nitrogens with zero attached hydrogens (tertiary/aromatic N) is 2. The van der Waals surface area contributed by atoms with E-state index in [1.807, 2.05) is 67.6 Å². The maximum atomic E-state index is 14.2. The Bertz CT molecular complexity index is 1550. The highest BCUT2D eigenvalue weighted by atomic mass is 32.2. The van der Waals surface area contributed by atoms with Gasteiger partial charge in [0.05, 0.1) is 17.2 Å². The van der Waals surface area contributed by atoms with Crippen molar-refractivity contribution < 1.29 is 22.7 Å². The predicted molar refractivity (Wildman–Crippen MR) is 164 cm³/mol. The summed E-state index contributed by atoms with van der Waals surface area (Å²) in [5, 5.41) is 2.69. The van der Waals surface area contributed by atoms with Gasteiger partial charge in [-0.25, -0.2) is 8.42 Å². The number of anilines is 1. The van der Waals surface area contributed by atoms with Crippen LogP contribution in [-0.2, 0) is 32.6 Å². The molecule has 2 amide bonds. The second-order valence-electron chi connectivity index (χ2n) is 9.58. The second kappa shape index (κ2) is 14.3. The molecule has 0 unspecified atom stereocenters. The van der Waals surface area contributed by atoms with Crippen LogP contribution in [-0.4, -0.2) is 51.4 Å². The van der Waals surface area contributed by atoms with E-state index in [2.05, 4.69) is 5.32 Å². The number of hydrogen-bond acceptors (Lipinski definition) is 5. The predicted octanol–water partition coefficient (Wildman–Crippen LogP) is 4.67. The summed E-state index contributed by atoms with van der Waals surface area (Å²) in [5.41, 5.74) is 1.98. The molecule has 0 bridgehead atoms. The van der Waals surface area contributed by atoms with Crippen LogP contribution in [0.3, 0.4) is 0 Å². The molecule has 0 aliphatic rings. The molecule has 0 heterocycles. The standard InChI is InChI=1S/C33H35N3O5S/c1-3-41-29-21-19-28(20-22-29)36(42(39,40)30-17-11-6-12-18-30)25-32(37)35(24-27-15-9-5-10-16-27)31(33(38)34-2)23-26-13-7-4-8-14-26/h4-22,31H,3,23-25H2,1-2H3,(H,34,38)/t31-/m0/s1. The largest absolute Gasteiger partial charge is 0.494 e. The minimum Gasteiger partial charge on any atom is -0.494 e. The van der Waals surface area contributed by atoms with E-state index in [1.165, 1.54) is 24.1 Å². The number of nitrogens with one attached hydrogen (secondary N) is 1. The summed E-state index contributed by atoms with van der Waals surface area (Å²) in [5.74, 6) is -0.281. The Balaban J connectivity index is 1.76. The molecule has 0 radical (unpaired) electrons. The van der Waals surface area contributed by atoms with Crippen LogP contribution in [0.1, 0.15) is 18.1 Å². The highest BCUT2D eigenvalue weighted by Gasteiger charge is 2.34. The molecule has 0 aliphatic heterocycles. The Morgan fingerprint density at radius 3 is 1.88 bits per heavy atom. The highest BCUT2D eigenvalue weighted by molar-refractivity contribution is 7.92. The fourth-order valence-corrected chi connectivity index (χ4v) is 6.06. The quantitative estimate of drug-likeness (QED) is 0.246. The first kappa shape index (κ1) is 30.3. The smallest absolute Gasteiger partial charge is 0.264 e. The zero-order chi connectivity index (χ0) is 30.0. The first-order chi connectivity index (χ1) is 20.3. The number of likely N-dealkylation sites (N-methyl/N-ethyl adjacent to an activating group) is 1. The Labute approximate surface area is 247 Å². The molecule has 42 heavy (non-hydrogen) atoms. The fraction of sp³-hybridized carbons (Fsp3) is 0.212. The summed E-state index contributed by atoms with van der Waals surface area (Å²) < 4.78 is 34.5. The number of hydrogen-bond donors (Lipinski definition) is 1. The maximum absolute atomic E-state index is 14.2. The zero-order valence-electron chi connectivity index (χ0n) is 23.7. The minimum atomic E-state index is -4.15. The Hall–Kier alpha value is -4.63. The van der Waals surface area contributed by atoms with Crippen molar-refractivity contribution >= 4 is 27.5 Å². The minimum absolute atomic E-state index is 0.0495. The van der Waals surface area contributed by atoms with Crippen LogP contribution in [0.15, 0.2) is 120 Å². The lowest BCUT2D eigenvalue weighted by molar-refractivity contribution is -0.139. The topological polar surface area (TPSA) is 96.0 Å². The molecule has 4 rings (SSSR count). The van der Waals surface area contributed by atoms with Gasteiger partial charge in [0.25, 0.3) is 10.0 Å². The van der Waals surface area contributed by atoms with Crippen LogP contribution in [0.25, 0.3) is 0 Å². The van der Waals surface area contributed by atoms with Gasteiger partial charge in [0.1, 0.15) is 18.3 Å². The normalized spacial score (nSPS) is 11.8. The van der Waals surface area contributed by atoms with Crippen molar-refractivity contribution in [2.24, 2.45) is 0 Å². The second-order valence-corrected chi connectivity index (χ2v) is 11.4. The van der Waals surface area contributed by atoms with Gasteiger partial charge in [-0.1, -0.05) is 78.9 Å². The van der Waals surface area contributed by atoms with Gasteiger partial charge in [-0.05, 0) is 54.4 Å². The van der Waals surface area contributed by atoms with Crippen LogP contribution >= 0.6 is 0 Å². The van der Waals surface area contributed by atoms with Crippen molar-refractivity contribution in [2.75, 3.05) is 24.5 Å². The van der Waals surface area contributed by atoms with E-state index in [9.17, 15) is 18.0 Å². The number of carbonyl (C=O) groups is 2. The van der Waals surface area contributed by atoms with E-state index in [4.69, 9.17) is 4.74 Å². The third-order valence-electron chi connectivity index (χ3n) is 6.76. The van der Waals surface area contributed by atoms with E-state index in [1.54, 1.807) is 42.5 Å². The average molecular weight is 586 g/mol. The van der Waals surface area contributed by atoms with Crippen LogP contribution in [0, 0.1) is 0 Å². The molecule has 0 aliphatic carbocycles. The fourth-order valence-electron chi connectivity index (χ4n) is 4.62. The molecule has 0 spiro atoms. The summed E-state index contributed by atoms with van der Waals surface area (Å²) in [4.78, 5) is 29.0. The molecule has 9 heteroatoms. The lowest BCUT2D eigenvalue weighted by Crippen LogP contribution is -2.53. The average Bonchev–Trinajstić information content (AvgIpc) is 3.03. The van der Waals surface area contributed by atoms with Crippen LogP contribution in [0.2, 0.25) is 0 Å². The molecule has 0 saturated heterocycles. The lowest BCUT2D eigenvalue weighted by atomic mass is 10.0. The molecule has 0 saturated carbocycles. The Kier molecular flexibility index (Phi) is 10.3. The van der Waals surface area contributed by atoms with Gasteiger partial charge in [-0.3, -0.25) is 13.9 Å². The number of carbonyl (C=O) groups excluding carboxylic acids is 2. The van der Waals surface area contributed by atoms with Crippen molar-refractivity contribution in [1.82, 2.24) is 10.2 Å². The molecular formula is C33H35N3O5S. The van der Waals surface area contributed by atoms with Crippen LogP contribution in [0.5, 0.6) is 5.75 Å². The van der Waals surface area contributed by atoms with Crippen molar-refractivity contribution in [3.8, 4) is 5.75 Å².